The van der Waals surface area contributed by atoms with E-state index in [2.05, 4.69) is 15.6 Å². The van der Waals surface area contributed by atoms with Gasteiger partial charge in [0.25, 0.3) is 0 Å². The van der Waals surface area contributed by atoms with Gasteiger partial charge >= 0.3 is 6.03 Å². The topological polar surface area (TPSA) is 91.4 Å². The molecule has 0 spiro atoms. The van der Waals surface area contributed by atoms with Gasteiger partial charge in [-0.05, 0) is 25.7 Å². The highest BCUT2D eigenvalue weighted by molar-refractivity contribution is 7.88. The number of nitrogens with zero attached hydrogens (tertiary/aromatic N) is 2. The predicted molar refractivity (Wildman–Crippen MR) is 85.7 cm³/mol. The van der Waals surface area contributed by atoms with Crippen LogP contribution in [0, 0.1) is 0 Å². The van der Waals surface area contributed by atoms with Crippen LogP contribution in [-0.4, -0.2) is 49.1 Å². The highest BCUT2D eigenvalue weighted by Gasteiger charge is 2.28. The van der Waals surface area contributed by atoms with Gasteiger partial charge in [0.1, 0.15) is 0 Å². The molecule has 2 amide bonds. The molecular formula is C13H20N4O3S2. The molecule has 1 aliphatic carbocycles. The average Bonchev–Trinajstić information content (AvgIpc) is 3.19. The SMILES string of the molecule is CS(=O)(=O)N1CCCC(NC(=O)Nc2nc(C3CC3)cs2)C1. The Labute approximate surface area is 134 Å². The Morgan fingerprint density at radius 2 is 2.18 bits per heavy atom. The van der Waals surface area contributed by atoms with Crippen LogP contribution in [0.15, 0.2) is 5.38 Å². The summed E-state index contributed by atoms with van der Waals surface area (Å²) in [5.41, 5.74) is 1.06. The first-order valence-corrected chi connectivity index (χ1v) is 10.1. The van der Waals surface area contributed by atoms with Gasteiger partial charge in [-0.2, -0.15) is 0 Å². The molecule has 2 aliphatic rings. The number of urea groups is 1. The summed E-state index contributed by atoms with van der Waals surface area (Å²) in [6.45, 7) is 0.854. The summed E-state index contributed by atoms with van der Waals surface area (Å²) in [5, 5.41) is 8.15. The summed E-state index contributed by atoms with van der Waals surface area (Å²) in [6, 6.07) is -0.483. The fourth-order valence-electron chi connectivity index (χ4n) is 2.59. The molecule has 1 atom stereocenters. The van der Waals surface area contributed by atoms with Gasteiger partial charge in [0.2, 0.25) is 10.0 Å². The number of amides is 2. The van der Waals surface area contributed by atoms with E-state index in [1.807, 2.05) is 5.38 Å². The Balaban J connectivity index is 1.52. The predicted octanol–water partition coefficient (Wildman–Crippen LogP) is 1.57. The lowest BCUT2D eigenvalue weighted by Gasteiger charge is -2.31. The van der Waals surface area contributed by atoms with Gasteiger partial charge in [-0.25, -0.2) is 22.5 Å². The van der Waals surface area contributed by atoms with Gasteiger partial charge in [-0.1, -0.05) is 0 Å². The maximum Gasteiger partial charge on any atom is 0.321 e. The van der Waals surface area contributed by atoms with Crippen molar-refractivity contribution in [2.75, 3.05) is 24.7 Å². The third-order valence-corrected chi connectivity index (χ3v) is 5.97. The van der Waals surface area contributed by atoms with Crippen LogP contribution in [0.3, 0.4) is 0 Å². The summed E-state index contributed by atoms with van der Waals surface area (Å²) >= 11 is 1.42. The molecule has 1 aromatic rings. The van der Waals surface area contributed by atoms with Gasteiger partial charge < -0.3 is 5.32 Å². The second-order valence-electron chi connectivity index (χ2n) is 5.91. The molecule has 1 saturated heterocycles. The van der Waals surface area contributed by atoms with Crippen LogP contribution in [0.5, 0.6) is 0 Å². The van der Waals surface area contributed by atoms with Gasteiger partial charge in [0, 0.05) is 30.4 Å². The molecule has 3 rings (SSSR count). The molecule has 1 aromatic heterocycles. The maximum atomic E-state index is 12.0. The van der Waals surface area contributed by atoms with E-state index in [1.165, 1.54) is 34.7 Å². The molecule has 2 fully saturated rings. The number of rotatable bonds is 4. The van der Waals surface area contributed by atoms with E-state index in [0.717, 1.165) is 18.5 Å². The number of carbonyl (C=O) groups is 1. The Bertz CT molecular complexity index is 654. The van der Waals surface area contributed by atoms with E-state index in [-0.39, 0.29) is 12.1 Å². The number of sulfonamides is 1. The lowest BCUT2D eigenvalue weighted by molar-refractivity contribution is 0.236. The molecule has 122 valence electrons. The largest absolute Gasteiger partial charge is 0.334 e. The van der Waals surface area contributed by atoms with Crippen molar-refractivity contribution in [3.05, 3.63) is 11.1 Å². The number of anilines is 1. The van der Waals surface area contributed by atoms with Crippen molar-refractivity contribution in [1.82, 2.24) is 14.6 Å². The fourth-order valence-corrected chi connectivity index (χ4v) is 4.29. The van der Waals surface area contributed by atoms with E-state index in [1.54, 1.807) is 0 Å². The first-order valence-electron chi connectivity index (χ1n) is 7.40. The van der Waals surface area contributed by atoms with E-state index in [9.17, 15) is 13.2 Å². The number of nitrogens with one attached hydrogen (secondary N) is 2. The normalized spacial score (nSPS) is 23.2. The molecule has 2 N–H and O–H groups in total. The fraction of sp³-hybridized carbons (Fsp3) is 0.692. The molecule has 22 heavy (non-hydrogen) atoms. The molecule has 1 unspecified atom stereocenters. The summed E-state index contributed by atoms with van der Waals surface area (Å²) in [6.07, 6.45) is 5.09. The Morgan fingerprint density at radius 3 is 2.86 bits per heavy atom. The highest BCUT2D eigenvalue weighted by Crippen LogP contribution is 2.40. The molecule has 9 heteroatoms. The summed E-state index contributed by atoms with van der Waals surface area (Å²) < 4.78 is 24.6. The van der Waals surface area contributed by atoms with Crippen molar-refractivity contribution in [3.63, 3.8) is 0 Å². The number of piperidine rings is 1. The zero-order chi connectivity index (χ0) is 15.7. The third kappa shape index (κ3) is 3.96. The van der Waals surface area contributed by atoms with Crippen molar-refractivity contribution in [3.8, 4) is 0 Å². The van der Waals surface area contributed by atoms with Crippen molar-refractivity contribution < 1.29 is 13.2 Å². The first-order chi connectivity index (χ1) is 10.4. The summed E-state index contributed by atoms with van der Waals surface area (Å²) in [7, 11) is -3.20. The third-order valence-electron chi connectivity index (χ3n) is 3.93. The van der Waals surface area contributed by atoms with E-state index < -0.39 is 10.0 Å². The average molecular weight is 344 g/mol. The second kappa shape index (κ2) is 6.13. The minimum atomic E-state index is -3.20. The van der Waals surface area contributed by atoms with Gasteiger partial charge in [0.05, 0.1) is 11.9 Å². The quantitative estimate of drug-likeness (QED) is 0.867. The summed E-state index contributed by atoms with van der Waals surface area (Å²) in [4.78, 5) is 16.4. The van der Waals surface area contributed by atoms with Crippen LogP contribution in [0.2, 0.25) is 0 Å². The Morgan fingerprint density at radius 1 is 1.41 bits per heavy atom. The summed E-state index contributed by atoms with van der Waals surface area (Å²) in [5.74, 6) is 0.566. The van der Waals surface area contributed by atoms with E-state index >= 15 is 0 Å². The van der Waals surface area contributed by atoms with Crippen molar-refractivity contribution >= 4 is 32.5 Å². The lowest BCUT2D eigenvalue weighted by atomic mass is 10.1. The van der Waals surface area contributed by atoms with E-state index in [0.29, 0.717) is 24.1 Å². The molecule has 0 aromatic carbocycles. The van der Waals surface area contributed by atoms with Crippen LogP contribution in [0.1, 0.15) is 37.3 Å². The second-order valence-corrected chi connectivity index (χ2v) is 8.75. The Kier molecular flexibility index (Phi) is 4.37. The number of thiazole rings is 1. The van der Waals surface area contributed by atoms with Crippen LogP contribution in [0.25, 0.3) is 0 Å². The van der Waals surface area contributed by atoms with Gasteiger partial charge in [0.15, 0.2) is 5.13 Å². The van der Waals surface area contributed by atoms with Crippen LogP contribution in [0.4, 0.5) is 9.93 Å². The number of aromatic nitrogens is 1. The molecule has 0 radical (unpaired) electrons. The van der Waals surface area contributed by atoms with E-state index in [4.69, 9.17) is 0 Å². The minimum Gasteiger partial charge on any atom is -0.334 e. The minimum absolute atomic E-state index is 0.161. The molecule has 7 nitrogen and oxygen atoms in total. The highest BCUT2D eigenvalue weighted by atomic mass is 32.2. The number of hydrogen-bond donors (Lipinski definition) is 2. The zero-order valence-electron chi connectivity index (χ0n) is 12.4. The molecule has 1 saturated carbocycles. The van der Waals surface area contributed by atoms with Crippen LogP contribution >= 0.6 is 11.3 Å². The van der Waals surface area contributed by atoms with Gasteiger partial charge in [-0.3, -0.25) is 5.32 Å². The maximum absolute atomic E-state index is 12.0. The molecule has 2 heterocycles. The first kappa shape index (κ1) is 15.7. The van der Waals surface area contributed by atoms with Crippen LogP contribution in [-0.2, 0) is 10.0 Å². The molecular weight excluding hydrogens is 324 g/mol. The number of hydrogen-bond acceptors (Lipinski definition) is 5. The zero-order valence-corrected chi connectivity index (χ0v) is 14.0. The number of carbonyl (C=O) groups excluding carboxylic acids is 1. The Hall–Kier alpha value is -1.19. The monoisotopic (exact) mass is 344 g/mol. The molecule has 1 aliphatic heterocycles. The molecule has 0 bridgehead atoms. The standard InChI is InChI=1S/C13H20N4O3S2/c1-22(19,20)17-6-2-3-10(7-17)14-12(18)16-13-15-11(8-21-13)9-4-5-9/h8-10H,2-7H2,1H3,(H2,14,15,16,18). The van der Waals surface area contributed by atoms with Crippen molar-refractivity contribution in [2.45, 2.75) is 37.6 Å². The van der Waals surface area contributed by atoms with Gasteiger partial charge in [-0.15, -0.1) is 11.3 Å². The van der Waals surface area contributed by atoms with Crippen molar-refractivity contribution in [1.29, 1.82) is 0 Å². The smallest absolute Gasteiger partial charge is 0.321 e. The lowest BCUT2D eigenvalue weighted by Crippen LogP contribution is -2.50. The van der Waals surface area contributed by atoms with Crippen LogP contribution < -0.4 is 10.6 Å². The van der Waals surface area contributed by atoms with Crippen molar-refractivity contribution in [2.24, 2.45) is 0 Å².